The Bertz CT molecular complexity index is 320. The predicted octanol–water partition coefficient (Wildman–Crippen LogP) is 0.641. The molecule has 0 atom stereocenters. The van der Waals surface area contributed by atoms with Crippen molar-refractivity contribution >= 4 is 61.5 Å². The van der Waals surface area contributed by atoms with Crippen LogP contribution in [0.25, 0.3) is 0 Å². The van der Waals surface area contributed by atoms with Crippen LogP contribution in [-0.4, -0.2) is 66.9 Å². The van der Waals surface area contributed by atoms with Gasteiger partial charge in [0.25, 0.3) is 10.1 Å². The molecule has 1 aromatic rings. The molecule has 0 amide bonds. The molecule has 0 aliphatic carbocycles. The molecule has 1 radical (unpaired) electrons. The van der Waals surface area contributed by atoms with Crippen LogP contribution in [-0.2, 0) is 14.3 Å². The fraction of sp³-hybridized carbons (Fsp3) is 0.143. The number of benzene rings is 1. The van der Waals surface area contributed by atoms with E-state index in [1.807, 2.05) is 0 Å². The zero-order chi connectivity index (χ0) is 8.32. The Morgan fingerprint density at radius 2 is 1.67 bits per heavy atom. The smallest absolute Gasteiger partial charge is 0.270 e. The van der Waals surface area contributed by atoms with E-state index in [2.05, 4.69) is 4.18 Å². The van der Waals surface area contributed by atoms with Crippen molar-refractivity contribution in [1.29, 1.82) is 0 Å². The molecule has 12 heavy (non-hydrogen) atoms. The molecule has 61 valence electrons. The number of hydrogen-bond acceptors (Lipinski definition) is 3. The maximum Gasteiger partial charge on any atom is 0.296 e. The van der Waals surface area contributed by atoms with Gasteiger partial charge in [-0.3, -0.25) is 4.18 Å². The van der Waals surface area contributed by atoms with E-state index >= 15 is 0 Å². The summed E-state index contributed by atoms with van der Waals surface area (Å²) in [5.74, 6) is 0. The van der Waals surface area contributed by atoms with Crippen LogP contribution < -0.4 is 0 Å². The van der Waals surface area contributed by atoms with E-state index in [0.29, 0.717) is 0 Å². The molecule has 0 aliphatic rings. The summed E-state index contributed by atoms with van der Waals surface area (Å²) in [4.78, 5) is 0.183. The maximum absolute atomic E-state index is 11.0. The van der Waals surface area contributed by atoms with Gasteiger partial charge in [0, 0.05) is 51.4 Å². The molecule has 0 saturated carbocycles. The van der Waals surface area contributed by atoms with Crippen LogP contribution in [0, 0.1) is 0 Å². The molecule has 0 N–H and O–H groups in total. The second-order valence-corrected chi connectivity index (χ2v) is 3.65. The molecule has 3 nitrogen and oxygen atoms in total. The molecular formula is C7H8KO3S. The number of rotatable bonds is 2. The Morgan fingerprint density at radius 1 is 1.17 bits per heavy atom. The second kappa shape index (κ2) is 5.49. The van der Waals surface area contributed by atoms with Crippen LogP contribution in [0.1, 0.15) is 0 Å². The largest absolute Gasteiger partial charge is 0.296 e. The minimum Gasteiger partial charge on any atom is -0.270 e. The first kappa shape index (κ1) is 12.8. The summed E-state index contributed by atoms with van der Waals surface area (Å²) in [5, 5.41) is 0. The van der Waals surface area contributed by atoms with Crippen LogP contribution in [0.15, 0.2) is 35.2 Å². The van der Waals surface area contributed by atoms with Gasteiger partial charge in [-0.1, -0.05) is 18.2 Å². The Morgan fingerprint density at radius 3 is 2.08 bits per heavy atom. The summed E-state index contributed by atoms with van der Waals surface area (Å²) >= 11 is 0. The minimum atomic E-state index is -3.50. The quantitative estimate of drug-likeness (QED) is 0.532. The summed E-state index contributed by atoms with van der Waals surface area (Å²) in [7, 11) is -2.36. The Kier molecular flexibility index (Phi) is 5.84. The van der Waals surface area contributed by atoms with Gasteiger partial charge in [-0.15, -0.1) is 0 Å². The van der Waals surface area contributed by atoms with Crippen molar-refractivity contribution in [2.45, 2.75) is 4.90 Å². The molecule has 0 aromatic heterocycles. The van der Waals surface area contributed by atoms with Crippen molar-refractivity contribution in [3.8, 4) is 0 Å². The van der Waals surface area contributed by atoms with Crippen molar-refractivity contribution in [3.05, 3.63) is 30.3 Å². The molecular weight excluding hydrogens is 203 g/mol. The third-order valence-corrected chi connectivity index (χ3v) is 2.54. The summed E-state index contributed by atoms with van der Waals surface area (Å²) in [6, 6.07) is 8.00. The number of hydrogen-bond donors (Lipinski definition) is 0. The molecule has 0 aliphatic heterocycles. The van der Waals surface area contributed by atoms with E-state index in [-0.39, 0.29) is 56.3 Å². The van der Waals surface area contributed by atoms with Gasteiger partial charge < -0.3 is 0 Å². The molecule has 1 aromatic carbocycles. The Labute approximate surface area is 115 Å². The third-order valence-electron chi connectivity index (χ3n) is 1.25. The average Bonchev–Trinajstić information content (AvgIpc) is 2.06. The fourth-order valence-electron chi connectivity index (χ4n) is 0.683. The second-order valence-electron chi connectivity index (χ2n) is 1.93. The van der Waals surface area contributed by atoms with Gasteiger partial charge in [0.15, 0.2) is 0 Å². The molecule has 1 rings (SSSR count). The molecule has 0 bridgehead atoms. The Balaban J connectivity index is 0.00000121. The zero-order valence-electron chi connectivity index (χ0n) is 7.02. The standard InChI is InChI=1S/C7H8O3S.K/c1-10-11(8,9)7-5-3-2-4-6-7;/h2-6H,1H3;. The summed E-state index contributed by atoms with van der Waals surface area (Å²) in [5.41, 5.74) is 0. The summed E-state index contributed by atoms with van der Waals surface area (Å²) in [6.07, 6.45) is 0. The SMILES string of the molecule is COS(=O)(=O)c1ccccc1.[K]. The van der Waals surface area contributed by atoms with E-state index in [4.69, 9.17) is 0 Å². The predicted molar refractivity (Wildman–Crippen MR) is 46.4 cm³/mol. The van der Waals surface area contributed by atoms with Crippen molar-refractivity contribution in [3.63, 3.8) is 0 Å². The van der Waals surface area contributed by atoms with Crippen LogP contribution in [0.3, 0.4) is 0 Å². The monoisotopic (exact) mass is 211 g/mol. The van der Waals surface area contributed by atoms with Crippen LogP contribution in [0.2, 0.25) is 0 Å². The molecule has 0 saturated heterocycles. The minimum absolute atomic E-state index is 0. The first-order valence-electron chi connectivity index (χ1n) is 3.02. The van der Waals surface area contributed by atoms with Gasteiger partial charge in [-0.25, -0.2) is 0 Å². The van der Waals surface area contributed by atoms with Gasteiger partial charge in [-0.05, 0) is 12.1 Å². The van der Waals surface area contributed by atoms with Gasteiger partial charge in [0.1, 0.15) is 0 Å². The normalized spacial score (nSPS) is 10.4. The van der Waals surface area contributed by atoms with Gasteiger partial charge in [0.2, 0.25) is 0 Å². The maximum atomic E-state index is 11.0. The van der Waals surface area contributed by atoms with Crippen molar-refractivity contribution in [2.24, 2.45) is 0 Å². The van der Waals surface area contributed by atoms with E-state index < -0.39 is 10.1 Å². The first-order valence-corrected chi connectivity index (χ1v) is 4.43. The molecule has 0 fully saturated rings. The van der Waals surface area contributed by atoms with Gasteiger partial charge in [-0.2, -0.15) is 8.42 Å². The summed E-state index contributed by atoms with van der Waals surface area (Å²) in [6.45, 7) is 0. The molecule has 0 heterocycles. The van der Waals surface area contributed by atoms with E-state index in [1.165, 1.54) is 12.1 Å². The Hall–Kier alpha value is 0.766. The molecule has 0 spiro atoms. The van der Waals surface area contributed by atoms with Gasteiger partial charge >= 0.3 is 0 Å². The topological polar surface area (TPSA) is 43.4 Å². The fourth-order valence-corrected chi connectivity index (χ4v) is 1.37. The summed E-state index contributed by atoms with van der Waals surface area (Å²) < 4.78 is 26.3. The van der Waals surface area contributed by atoms with Crippen LogP contribution >= 0.6 is 0 Å². The van der Waals surface area contributed by atoms with Crippen molar-refractivity contribution in [2.75, 3.05) is 7.11 Å². The molecule has 0 unspecified atom stereocenters. The molecule has 5 heteroatoms. The van der Waals surface area contributed by atoms with E-state index in [1.54, 1.807) is 18.2 Å². The van der Waals surface area contributed by atoms with Crippen molar-refractivity contribution in [1.82, 2.24) is 0 Å². The zero-order valence-corrected chi connectivity index (χ0v) is 11.0. The van der Waals surface area contributed by atoms with Crippen LogP contribution in [0.5, 0.6) is 0 Å². The first-order chi connectivity index (χ1) is 5.17. The van der Waals surface area contributed by atoms with E-state index in [0.717, 1.165) is 7.11 Å². The van der Waals surface area contributed by atoms with E-state index in [9.17, 15) is 8.42 Å². The third kappa shape index (κ3) is 3.25. The average molecular weight is 211 g/mol. The van der Waals surface area contributed by atoms with Crippen LogP contribution in [0.4, 0.5) is 0 Å². The van der Waals surface area contributed by atoms with Gasteiger partial charge in [0.05, 0.1) is 12.0 Å². The van der Waals surface area contributed by atoms with Crippen molar-refractivity contribution < 1.29 is 12.6 Å².